The number of hydrogen-bond donors (Lipinski definition) is 1. The third-order valence-electron chi connectivity index (χ3n) is 4.19. The molecule has 0 bridgehead atoms. The summed E-state index contributed by atoms with van der Waals surface area (Å²) in [5.41, 5.74) is 4.87. The molecule has 0 saturated carbocycles. The van der Waals surface area contributed by atoms with Crippen LogP contribution in [0.2, 0.25) is 0 Å². The highest BCUT2D eigenvalue weighted by molar-refractivity contribution is 5.94. The van der Waals surface area contributed by atoms with Crippen LogP contribution in [-0.4, -0.2) is 24.6 Å². The topological polar surface area (TPSA) is 28.2 Å². The number of hydrogen-bond acceptors (Lipinski definition) is 3. The Kier molecular flexibility index (Phi) is 4.28. The second kappa shape index (κ2) is 6.33. The molecule has 1 N–H and O–H groups in total. The van der Waals surface area contributed by atoms with E-state index in [-0.39, 0.29) is 0 Å². The molecular weight excluding hydrogens is 258 g/mol. The summed E-state index contributed by atoms with van der Waals surface area (Å²) in [6.07, 6.45) is 4.80. The van der Waals surface area contributed by atoms with Crippen molar-refractivity contribution < 1.29 is 0 Å². The largest absolute Gasteiger partial charge is 0.385 e. The van der Waals surface area contributed by atoms with E-state index in [0.29, 0.717) is 0 Å². The van der Waals surface area contributed by atoms with E-state index in [1.165, 1.54) is 48.4 Å². The number of benzene rings is 1. The zero-order valence-corrected chi connectivity index (χ0v) is 13.2. The van der Waals surface area contributed by atoms with Gasteiger partial charge in [0.15, 0.2) is 0 Å². The molecule has 2 heterocycles. The zero-order chi connectivity index (χ0) is 14.7. The van der Waals surface area contributed by atoms with Crippen LogP contribution in [0.5, 0.6) is 0 Å². The molecule has 0 atom stereocenters. The molecule has 0 unspecified atom stereocenters. The van der Waals surface area contributed by atoms with E-state index < -0.39 is 0 Å². The maximum absolute atomic E-state index is 4.82. The molecule has 0 amide bonds. The minimum Gasteiger partial charge on any atom is -0.385 e. The van der Waals surface area contributed by atoms with Gasteiger partial charge in [-0.2, -0.15) is 0 Å². The molecule has 2 aromatic rings. The van der Waals surface area contributed by atoms with Gasteiger partial charge in [-0.15, -0.1) is 0 Å². The number of nitrogens with zero attached hydrogens (tertiary/aromatic N) is 2. The predicted molar refractivity (Wildman–Crippen MR) is 91.3 cm³/mol. The molecule has 1 fully saturated rings. The summed E-state index contributed by atoms with van der Waals surface area (Å²) in [6.45, 7) is 7.66. The van der Waals surface area contributed by atoms with E-state index in [2.05, 4.69) is 48.3 Å². The number of aryl methyl sites for hydroxylation is 1. The van der Waals surface area contributed by atoms with Crippen LogP contribution in [-0.2, 0) is 6.42 Å². The van der Waals surface area contributed by atoms with Gasteiger partial charge < -0.3 is 10.2 Å². The quantitative estimate of drug-likeness (QED) is 0.890. The molecule has 0 radical (unpaired) electrons. The van der Waals surface area contributed by atoms with Crippen LogP contribution in [0.4, 0.5) is 11.4 Å². The van der Waals surface area contributed by atoms with Gasteiger partial charge in [0.1, 0.15) is 0 Å². The Morgan fingerprint density at radius 1 is 1.14 bits per heavy atom. The predicted octanol–water partition coefficient (Wildman–Crippen LogP) is 4.22. The van der Waals surface area contributed by atoms with Crippen molar-refractivity contribution in [3.63, 3.8) is 0 Å². The minimum atomic E-state index is 0.943. The van der Waals surface area contributed by atoms with E-state index in [1.54, 1.807) is 0 Å². The second-order valence-corrected chi connectivity index (χ2v) is 5.84. The first-order chi connectivity index (χ1) is 10.3. The van der Waals surface area contributed by atoms with Crippen molar-refractivity contribution in [2.75, 3.05) is 29.9 Å². The first-order valence-electron chi connectivity index (χ1n) is 8.24. The van der Waals surface area contributed by atoms with Gasteiger partial charge in [-0.1, -0.05) is 13.3 Å². The number of fused-ring (bicyclic) bond motifs is 1. The first kappa shape index (κ1) is 14.2. The zero-order valence-electron chi connectivity index (χ0n) is 13.2. The van der Waals surface area contributed by atoms with Gasteiger partial charge in [-0.25, -0.2) is 0 Å². The summed E-state index contributed by atoms with van der Waals surface area (Å²) in [5, 5.41) is 4.76. The van der Waals surface area contributed by atoms with Gasteiger partial charge in [-0.3, -0.25) is 4.98 Å². The third kappa shape index (κ3) is 2.97. The third-order valence-corrected chi connectivity index (χ3v) is 4.19. The van der Waals surface area contributed by atoms with E-state index in [1.807, 2.05) is 0 Å². The molecule has 1 saturated heterocycles. The van der Waals surface area contributed by atoms with Crippen molar-refractivity contribution in [3.05, 3.63) is 30.0 Å². The molecule has 0 spiro atoms. The summed E-state index contributed by atoms with van der Waals surface area (Å²) in [7, 11) is 0. The fourth-order valence-electron chi connectivity index (χ4n) is 3.16. The first-order valence-corrected chi connectivity index (χ1v) is 8.24. The van der Waals surface area contributed by atoms with Gasteiger partial charge in [0.05, 0.1) is 5.52 Å². The summed E-state index contributed by atoms with van der Waals surface area (Å²) >= 11 is 0. The van der Waals surface area contributed by atoms with Crippen LogP contribution in [0.15, 0.2) is 24.3 Å². The number of rotatable bonds is 5. The molecule has 1 aliphatic rings. The fourth-order valence-corrected chi connectivity index (χ4v) is 3.16. The summed E-state index contributed by atoms with van der Waals surface area (Å²) in [5.74, 6) is 0. The number of aromatic nitrogens is 1. The fraction of sp³-hybridized carbons (Fsp3) is 0.500. The van der Waals surface area contributed by atoms with E-state index in [9.17, 15) is 0 Å². The Morgan fingerprint density at radius 3 is 2.67 bits per heavy atom. The van der Waals surface area contributed by atoms with E-state index in [0.717, 1.165) is 24.9 Å². The molecule has 3 nitrogen and oxygen atoms in total. The van der Waals surface area contributed by atoms with Crippen molar-refractivity contribution in [2.45, 2.75) is 39.5 Å². The Balaban J connectivity index is 2.05. The monoisotopic (exact) mass is 283 g/mol. The highest BCUT2D eigenvalue weighted by Crippen LogP contribution is 2.29. The van der Waals surface area contributed by atoms with Crippen LogP contribution in [0.1, 0.15) is 38.8 Å². The van der Waals surface area contributed by atoms with E-state index in [4.69, 9.17) is 4.98 Å². The second-order valence-electron chi connectivity index (χ2n) is 5.84. The van der Waals surface area contributed by atoms with Gasteiger partial charge in [0.2, 0.25) is 0 Å². The Hall–Kier alpha value is -1.77. The highest BCUT2D eigenvalue weighted by atomic mass is 15.1. The SMILES string of the molecule is CCCc1cc(NCC)c2cc(N3CCCC3)ccc2n1. The minimum absolute atomic E-state index is 0.943. The average molecular weight is 283 g/mol. The average Bonchev–Trinajstić information content (AvgIpc) is 3.02. The maximum atomic E-state index is 4.82. The molecule has 0 aliphatic carbocycles. The van der Waals surface area contributed by atoms with Crippen molar-refractivity contribution in [3.8, 4) is 0 Å². The van der Waals surface area contributed by atoms with Crippen molar-refractivity contribution in [1.29, 1.82) is 0 Å². The molecule has 1 aromatic heterocycles. The Morgan fingerprint density at radius 2 is 1.95 bits per heavy atom. The van der Waals surface area contributed by atoms with Crippen molar-refractivity contribution in [2.24, 2.45) is 0 Å². The smallest absolute Gasteiger partial charge is 0.0727 e. The van der Waals surface area contributed by atoms with Crippen LogP contribution in [0.25, 0.3) is 10.9 Å². The highest BCUT2D eigenvalue weighted by Gasteiger charge is 2.14. The van der Waals surface area contributed by atoms with Crippen molar-refractivity contribution >= 4 is 22.3 Å². The van der Waals surface area contributed by atoms with Crippen LogP contribution in [0, 0.1) is 0 Å². The Labute approximate surface area is 127 Å². The summed E-state index contributed by atoms with van der Waals surface area (Å²) in [6, 6.07) is 8.94. The number of pyridine rings is 1. The molecule has 1 aliphatic heterocycles. The summed E-state index contributed by atoms with van der Waals surface area (Å²) in [4.78, 5) is 7.30. The molecular formula is C18H25N3. The lowest BCUT2D eigenvalue weighted by atomic mass is 10.1. The molecule has 3 heteroatoms. The van der Waals surface area contributed by atoms with Gasteiger partial charge in [-0.05, 0) is 50.5 Å². The lowest BCUT2D eigenvalue weighted by molar-refractivity contribution is 0.889. The lowest BCUT2D eigenvalue weighted by Crippen LogP contribution is -2.17. The molecule has 3 rings (SSSR count). The summed E-state index contributed by atoms with van der Waals surface area (Å²) < 4.78 is 0. The number of nitrogens with one attached hydrogen (secondary N) is 1. The Bertz CT molecular complexity index is 615. The standard InChI is InChI=1S/C18H25N3/c1-3-7-14-12-18(19-4-2)16-13-15(8-9-17(16)20-14)21-10-5-6-11-21/h8-9,12-13H,3-7,10-11H2,1-2H3,(H,19,20). The van der Waals surface area contributed by atoms with Gasteiger partial charge in [0, 0.05) is 42.1 Å². The van der Waals surface area contributed by atoms with Gasteiger partial charge >= 0.3 is 0 Å². The number of anilines is 2. The molecule has 1 aromatic carbocycles. The van der Waals surface area contributed by atoms with Crippen molar-refractivity contribution in [1.82, 2.24) is 4.98 Å². The van der Waals surface area contributed by atoms with Crippen LogP contribution >= 0.6 is 0 Å². The van der Waals surface area contributed by atoms with Crippen LogP contribution in [0.3, 0.4) is 0 Å². The van der Waals surface area contributed by atoms with Crippen LogP contribution < -0.4 is 10.2 Å². The lowest BCUT2D eigenvalue weighted by Gasteiger charge is -2.19. The maximum Gasteiger partial charge on any atom is 0.0727 e. The van der Waals surface area contributed by atoms with Gasteiger partial charge in [0.25, 0.3) is 0 Å². The molecule has 21 heavy (non-hydrogen) atoms. The molecule has 112 valence electrons. The normalized spacial score (nSPS) is 14.9. The van der Waals surface area contributed by atoms with E-state index >= 15 is 0 Å².